The maximum absolute atomic E-state index is 9.55. The van der Waals surface area contributed by atoms with E-state index in [4.69, 9.17) is 10.2 Å². The van der Waals surface area contributed by atoms with E-state index in [1.54, 1.807) is 20.9 Å². The van der Waals surface area contributed by atoms with Gasteiger partial charge in [-0.05, 0) is 67.0 Å². The molecule has 3 heterocycles. The maximum atomic E-state index is 9.55. The first-order valence-corrected chi connectivity index (χ1v) is 11.4. The largest absolute Gasteiger partial charge is 0.478 e. The molecule has 1 aromatic carbocycles. The van der Waals surface area contributed by atoms with Crippen molar-refractivity contribution in [3.8, 4) is 0 Å². The number of rotatable bonds is 3. The maximum Gasteiger partial charge on any atom is 0.328 e. The van der Waals surface area contributed by atoms with Crippen LogP contribution >= 0.6 is 23.1 Å². The second kappa shape index (κ2) is 10.1. The summed E-state index contributed by atoms with van der Waals surface area (Å²) >= 11 is 3.97. The van der Waals surface area contributed by atoms with Gasteiger partial charge in [0.25, 0.3) is 0 Å². The van der Waals surface area contributed by atoms with E-state index in [0.717, 1.165) is 11.7 Å². The number of aliphatic carboxylic acids is 2. The molecule has 1 fully saturated rings. The summed E-state index contributed by atoms with van der Waals surface area (Å²) in [6, 6.07) is 11.5. The summed E-state index contributed by atoms with van der Waals surface area (Å²) < 4.78 is 1.55. The zero-order valence-corrected chi connectivity index (χ0v) is 17.9. The van der Waals surface area contributed by atoms with Gasteiger partial charge in [0.1, 0.15) is 0 Å². The average Bonchev–Trinajstić information content (AvgIpc) is 3.10. The van der Waals surface area contributed by atoms with Crippen molar-refractivity contribution in [2.24, 2.45) is 5.92 Å². The summed E-state index contributed by atoms with van der Waals surface area (Å²) in [7, 11) is 2.25. The van der Waals surface area contributed by atoms with Crippen LogP contribution in [0.3, 0.4) is 0 Å². The zero-order chi connectivity index (χ0) is 20.8. The second-order valence-corrected chi connectivity index (χ2v) is 9.44. The Bertz CT molecular complexity index is 868. The Hall–Kier alpha value is -2.09. The van der Waals surface area contributed by atoms with Crippen LogP contribution in [-0.2, 0) is 15.3 Å². The smallest absolute Gasteiger partial charge is 0.328 e. The minimum absolute atomic E-state index is 0.558. The molecular formula is C22H25NO4S2. The van der Waals surface area contributed by atoms with Gasteiger partial charge in [0.15, 0.2) is 0 Å². The fourth-order valence-electron chi connectivity index (χ4n) is 3.95. The summed E-state index contributed by atoms with van der Waals surface area (Å²) in [5.41, 5.74) is 4.75. The van der Waals surface area contributed by atoms with Crippen LogP contribution in [0, 0.1) is 5.92 Å². The van der Waals surface area contributed by atoms with Gasteiger partial charge >= 0.3 is 11.9 Å². The van der Waals surface area contributed by atoms with E-state index in [1.807, 2.05) is 23.1 Å². The fourth-order valence-corrected chi connectivity index (χ4v) is 6.14. The number of carboxylic acids is 2. The van der Waals surface area contributed by atoms with Gasteiger partial charge in [-0.2, -0.15) is 0 Å². The average molecular weight is 432 g/mol. The monoisotopic (exact) mass is 431 g/mol. The normalized spacial score (nSPS) is 19.6. The third kappa shape index (κ3) is 5.72. The highest BCUT2D eigenvalue weighted by Crippen LogP contribution is 2.48. The van der Waals surface area contributed by atoms with Gasteiger partial charge in [0.05, 0.1) is 4.21 Å². The number of hydrogen-bond acceptors (Lipinski definition) is 5. The standard InChI is InChI=1S/C18H21NS2.C4H4O4/c1-19-9-6-13(7-10-19)17-15-5-3-2-4-14(15)12-21-18-16(17)8-11-20-18;5-3(6)1-2-4(7)8/h2-5,8,11,13,17H,6-7,9-10,12H2,1H3;1-2H,(H,5,6)(H,7,8)/b;2-1+. The summed E-state index contributed by atoms with van der Waals surface area (Å²) in [6.45, 7) is 2.49. The number of hydrogen-bond donors (Lipinski definition) is 2. The Balaban J connectivity index is 0.000000258. The number of fused-ring (bicyclic) bond motifs is 2. The van der Waals surface area contributed by atoms with Crippen molar-refractivity contribution in [2.75, 3.05) is 20.1 Å². The van der Waals surface area contributed by atoms with Crippen LogP contribution in [-0.4, -0.2) is 47.2 Å². The first-order chi connectivity index (χ1) is 14.0. The fraction of sp³-hybridized carbons (Fsp3) is 0.364. The number of carbonyl (C=O) groups is 2. The van der Waals surface area contributed by atoms with Crippen molar-refractivity contribution in [3.63, 3.8) is 0 Å². The Morgan fingerprint density at radius 1 is 1.03 bits per heavy atom. The molecule has 0 saturated carbocycles. The second-order valence-electron chi connectivity index (χ2n) is 7.28. The third-order valence-electron chi connectivity index (χ3n) is 5.35. The predicted octanol–water partition coefficient (Wildman–Crippen LogP) is 4.54. The van der Waals surface area contributed by atoms with Gasteiger partial charge in [-0.15, -0.1) is 23.1 Å². The Morgan fingerprint density at radius 3 is 2.34 bits per heavy atom. The van der Waals surface area contributed by atoms with Crippen LogP contribution in [0.5, 0.6) is 0 Å². The van der Waals surface area contributed by atoms with Gasteiger partial charge in [-0.3, -0.25) is 0 Å². The summed E-state index contributed by atoms with van der Waals surface area (Å²) in [5, 5.41) is 17.9. The first kappa shape index (κ1) is 21.6. The zero-order valence-electron chi connectivity index (χ0n) is 16.3. The van der Waals surface area contributed by atoms with Gasteiger partial charge in [0, 0.05) is 23.8 Å². The van der Waals surface area contributed by atoms with Crippen molar-refractivity contribution < 1.29 is 19.8 Å². The lowest BCUT2D eigenvalue weighted by Crippen LogP contribution is -2.33. The molecular weight excluding hydrogens is 406 g/mol. The van der Waals surface area contributed by atoms with Gasteiger partial charge in [-0.25, -0.2) is 9.59 Å². The highest BCUT2D eigenvalue weighted by atomic mass is 32.2. The lowest BCUT2D eigenvalue weighted by Gasteiger charge is -2.35. The molecule has 154 valence electrons. The van der Waals surface area contributed by atoms with Crippen LogP contribution in [0.25, 0.3) is 0 Å². The van der Waals surface area contributed by atoms with Crippen molar-refractivity contribution in [3.05, 3.63) is 64.6 Å². The van der Waals surface area contributed by atoms with Crippen LogP contribution in [0.15, 0.2) is 52.1 Å². The van der Waals surface area contributed by atoms with E-state index in [0.29, 0.717) is 18.1 Å². The number of nitrogens with zero attached hydrogens (tertiary/aromatic N) is 1. The lowest BCUT2D eigenvalue weighted by atomic mass is 9.76. The molecule has 0 bridgehead atoms. The van der Waals surface area contributed by atoms with Crippen molar-refractivity contribution in [1.82, 2.24) is 4.90 Å². The minimum Gasteiger partial charge on any atom is -0.478 e. The van der Waals surface area contributed by atoms with E-state index < -0.39 is 11.9 Å². The summed E-state index contributed by atoms with van der Waals surface area (Å²) in [4.78, 5) is 21.6. The lowest BCUT2D eigenvalue weighted by molar-refractivity contribution is -0.134. The summed E-state index contributed by atoms with van der Waals surface area (Å²) in [5.74, 6) is 0.0349. The third-order valence-corrected chi connectivity index (χ3v) is 7.66. The van der Waals surface area contributed by atoms with E-state index in [1.165, 1.54) is 25.9 Å². The Morgan fingerprint density at radius 2 is 1.69 bits per heavy atom. The van der Waals surface area contributed by atoms with E-state index in [2.05, 4.69) is 47.7 Å². The molecule has 0 aliphatic carbocycles. The van der Waals surface area contributed by atoms with E-state index in [-0.39, 0.29) is 0 Å². The van der Waals surface area contributed by atoms with E-state index in [9.17, 15) is 9.59 Å². The number of benzene rings is 1. The van der Waals surface area contributed by atoms with Crippen LogP contribution in [0.1, 0.15) is 35.4 Å². The molecule has 4 rings (SSSR count). The Kier molecular flexibility index (Phi) is 7.52. The molecule has 0 spiro atoms. The predicted molar refractivity (Wildman–Crippen MR) is 117 cm³/mol. The van der Waals surface area contributed by atoms with Crippen molar-refractivity contribution in [2.45, 2.75) is 28.7 Å². The molecule has 0 radical (unpaired) electrons. The molecule has 5 nitrogen and oxygen atoms in total. The summed E-state index contributed by atoms with van der Waals surface area (Å²) in [6.07, 6.45) is 3.77. The number of likely N-dealkylation sites (tertiary alicyclic amines) is 1. The van der Waals surface area contributed by atoms with Crippen LogP contribution < -0.4 is 0 Å². The van der Waals surface area contributed by atoms with Crippen LogP contribution in [0.4, 0.5) is 0 Å². The Labute approximate surface area is 179 Å². The minimum atomic E-state index is -1.26. The molecule has 2 aliphatic rings. The number of thiophene rings is 1. The van der Waals surface area contributed by atoms with Crippen molar-refractivity contribution >= 4 is 35.0 Å². The van der Waals surface area contributed by atoms with Gasteiger partial charge in [-0.1, -0.05) is 24.3 Å². The molecule has 7 heteroatoms. The van der Waals surface area contributed by atoms with Gasteiger partial charge < -0.3 is 15.1 Å². The van der Waals surface area contributed by atoms with Crippen molar-refractivity contribution in [1.29, 1.82) is 0 Å². The molecule has 2 aromatic rings. The molecule has 1 unspecified atom stereocenters. The SMILES string of the molecule is CN1CCC(C2c3ccccc3CSc3sccc32)CC1.O=C(O)/C=C/C(=O)O. The molecule has 0 amide bonds. The molecule has 2 aliphatic heterocycles. The van der Waals surface area contributed by atoms with E-state index >= 15 is 0 Å². The molecule has 1 aromatic heterocycles. The highest BCUT2D eigenvalue weighted by molar-refractivity contribution is 8.00. The quantitative estimate of drug-likeness (QED) is 0.695. The molecule has 1 saturated heterocycles. The molecule has 1 atom stereocenters. The number of thioether (sulfide) groups is 1. The topological polar surface area (TPSA) is 77.8 Å². The highest BCUT2D eigenvalue weighted by Gasteiger charge is 2.32. The number of carboxylic acid groups (broad SMARTS) is 2. The van der Waals surface area contributed by atoms with Gasteiger partial charge in [0.2, 0.25) is 0 Å². The molecule has 29 heavy (non-hydrogen) atoms. The number of piperidine rings is 1. The molecule has 2 N–H and O–H groups in total. The first-order valence-electron chi connectivity index (χ1n) is 9.56. The van der Waals surface area contributed by atoms with Crippen LogP contribution in [0.2, 0.25) is 0 Å².